The molecule has 3 atom stereocenters. The molecule has 6 nitrogen and oxygen atoms in total. The van der Waals surface area contributed by atoms with Gasteiger partial charge in [-0.25, -0.2) is 0 Å². The zero-order valence-corrected chi connectivity index (χ0v) is 12.3. The van der Waals surface area contributed by atoms with E-state index < -0.39 is 17.1 Å². The van der Waals surface area contributed by atoms with Crippen molar-refractivity contribution in [2.24, 2.45) is 11.7 Å². The Morgan fingerprint density at radius 3 is 2.58 bits per heavy atom. The average Bonchev–Trinajstić information content (AvgIpc) is 2.38. The minimum Gasteiger partial charge on any atom is -0.506 e. The fraction of sp³-hybridized carbons (Fsp3) is 0.500. The van der Waals surface area contributed by atoms with Crippen LogP contribution in [0.2, 0.25) is 0 Å². The lowest BCUT2D eigenvalue weighted by molar-refractivity contribution is -0.385. The largest absolute Gasteiger partial charge is 0.506 e. The van der Waals surface area contributed by atoms with Crippen LogP contribution in [0.4, 0.5) is 5.69 Å². The molecule has 0 spiro atoms. The van der Waals surface area contributed by atoms with Crippen molar-refractivity contribution in [1.29, 1.82) is 0 Å². The van der Waals surface area contributed by atoms with Crippen molar-refractivity contribution in [1.82, 2.24) is 0 Å². The van der Waals surface area contributed by atoms with Gasteiger partial charge in [0.2, 0.25) is 0 Å². The lowest BCUT2D eigenvalue weighted by atomic mass is 9.91. The van der Waals surface area contributed by atoms with Gasteiger partial charge in [-0.1, -0.05) is 20.3 Å². The molecule has 0 aliphatic carbocycles. The number of aromatic hydroxyl groups is 1. The summed E-state index contributed by atoms with van der Waals surface area (Å²) in [6.45, 7) is 3.73. The number of nitrogens with zero attached hydrogens (tertiary/aromatic N) is 1. The fourth-order valence-corrected chi connectivity index (χ4v) is 2.21. The smallest absolute Gasteiger partial charge is 0.271 e. The molecule has 19 heavy (non-hydrogen) atoms. The molecule has 0 radical (unpaired) electrons. The number of hydrogen-bond donors (Lipinski definition) is 3. The highest BCUT2D eigenvalue weighted by molar-refractivity contribution is 9.10. The number of nitrogens with two attached hydrogens (primary N) is 1. The molecule has 106 valence electrons. The number of halogens is 1. The highest BCUT2D eigenvalue weighted by Crippen LogP contribution is 2.37. The first kappa shape index (κ1) is 15.9. The normalized spacial score (nSPS) is 15.8. The quantitative estimate of drug-likeness (QED) is 0.566. The van der Waals surface area contributed by atoms with Gasteiger partial charge in [0.1, 0.15) is 5.75 Å². The Morgan fingerprint density at radius 1 is 1.53 bits per heavy atom. The molecule has 0 aliphatic heterocycles. The Morgan fingerprint density at radius 2 is 2.11 bits per heavy atom. The molecule has 0 aliphatic rings. The first-order chi connectivity index (χ1) is 8.79. The number of benzene rings is 1. The van der Waals surface area contributed by atoms with Crippen molar-refractivity contribution in [3.05, 3.63) is 32.3 Å². The van der Waals surface area contributed by atoms with Crippen LogP contribution in [0.15, 0.2) is 16.6 Å². The molecular weight excluding hydrogens is 316 g/mol. The van der Waals surface area contributed by atoms with E-state index in [1.165, 1.54) is 12.1 Å². The van der Waals surface area contributed by atoms with Gasteiger partial charge in [0.15, 0.2) is 0 Å². The zero-order chi connectivity index (χ0) is 14.7. The van der Waals surface area contributed by atoms with Crippen LogP contribution in [0.5, 0.6) is 5.75 Å². The highest BCUT2D eigenvalue weighted by atomic mass is 79.9. The van der Waals surface area contributed by atoms with Crippen molar-refractivity contribution < 1.29 is 15.1 Å². The van der Waals surface area contributed by atoms with E-state index >= 15 is 0 Å². The van der Waals surface area contributed by atoms with Crippen LogP contribution in [-0.4, -0.2) is 21.2 Å². The van der Waals surface area contributed by atoms with E-state index in [9.17, 15) is 20.3 Å². The molecule has 0 aromatic heterocycles. The zero-order valence-electron chi connectivity index (χ0n) is 10.7. The number of phenols is 1. The molecule has 0 amide bonds. The maximum Gasteiger partial charge on any atom is 0.271 e. The van der Waals surface area contributed by atoms with E-state index in [-0.39, 0.29) is 27.4 Å². The highest BCUT2D eigenvalue weighted by Gasteiger charge is 2.27. The molecule has 0 heterocycles. The van der Waals surface area contributed by atoms with E-state index in [0.717, 1.165) is 0 Å². The molecule has 0 saturated carbocycles. The Kier molecular flexibility index (Phi) is 5.28. The Hall–Kier alpha value is -1.18. The monoisotopic (exact) mass is 332 g/mol. The summed E-state index contributed by atoms with van der Waals surface area (Å²) in [5, 5.41) is 30.8. The Balaban J connectivity index is 3.22. The number of aliphatic hydroxyl groups excluding tert-OH is 1. The number of phenolic OH excluding ortho intramolecular Hbond substituents is 1. The Bertz CT molecular complexity index is 481. The van der Waals surface area contributed by atoms with Crippen molar-refractivity contribution >= 4 is 21.6 Å². The van der Waals surface area contributed by atoms with Gasteiger partial charge in [0.25, 0.3) is 5.69 Å². The van der Waals surface area contributed by atoms with E-state index in [0.29, 0.717) is 6.42 Å². The second kappa shape index (κ2) is 6.31. The molecule has 0 fully saturated rings. The van der Waals surface area contributed by atoms with Gasteiger partial charge in [-0.15, -0.1) is 0 Å². The summed E-state index contributed by atoms with van der Waals surface area (Å²) in [4.78, 5) is 10.2. The average molecular weight is 333 g/mol. The summed E-state index contributed by atoms with van der Waals surface area (Å²) < 4.78 is 0.184. The summed E-state index contributed by atoms with van der Waals surface area (Å²) in [6.07, 6.45) is -0.170. The van der Waals surface area contributed by atoms with Gasteiger partial charge < -0.3 is 15.9 Å². The standard InChI is InChI=1S/C12H17BrN2O4/c1-3-6(2)11(16)10(14)8-4-7(15(18)19)5-9(13)12(8)17/h4-6,10-11,16-17H,3,14H2,1-2H3/t6?,10-,11+/m1/s1. The fourth-order valence-electron chi connectivity index (χ4n) is 1.74. The molecular formula is C12H17BrN2O4. The number of nitro benzene ring substituents is 1. The molecule has 0 bridgehead atoms. The molecule has 4 N–H and O–H groups in total. The van der Waals surface area contributed by atoms with Gasteiger partial charge in [0.05, 0.1) is 21.5 Å². The summed E-state index contributed by atoms with van der Waals surface area (Å²) >= 11 is 3.05. The van der Waals surface area contributed by atoms with Gasteiger partial charge >= 0.3 is 0 Å². The molecule has 1 unspecified atom stereocenters. The number of rotatable bonds is 5. The second-order valence-corrected chi connectivity index (χ2v) is 5.38. The SMILES string of the molecule is CCC(C)[C@H](O)[C@H](N)c1cc([N+](=O)[O-])cc(Br)c1O. The topological polar surface area (TPSA) is 110 Å². The minimum absolute atomic E-state index is 0.0764. The summed E-state index contributed by atoms with van der Waals surface area (Å²) in [6, 6.07) is 1.50. The summed E-state index contributed by atoms with van der Waals surface area (Å²) in [5.74, 6) is -0.257. The number of aliphatic hydroxyl groups is 1. The third-order valence-corrected chi connectivity index (χ3v) is 3.85. The van der Waals surface area contributed by atoms with Crippen LogP contribution in [0.1, 0.15) is 31.9 Å². The Labute approximate surface area is 119 Å². The predicted octanol–water partition coefficient (Wildman–Crippen LogP) is 2.47. The van der Waals surface area contributed by atoms with E-state index in [2.05, 4.69) is 15.9 Å². The third-order valence-electron chi connectivity index (χ3n) is 3.24. The predicted molar refractivity (Wildman–Crippen MR) is 74.9 cm³/mol. The second-order valence-electron chi connectivity index (χ2n) is 4.52. The molecule has 1 aromatic rings. The van der Waals surface area contributed by atoms with Crippen molar-refractivity contribution in [2.75, 3.05) is 0 Å². The van der Waals surface area contributed by atoms with Crippen LogP contribution in [0.3, 0.4) is 0 Å². The number of nitro groups is 1. The number of non-ortho nitro benzene ring substituents is 1. The lowest BCUT2D eigenvalue weighted by Gasteiger charge is -2.24. The third kappa shape index (κ3) is 3.43. The maximum absolute atomic E-state index is 10.8. The van der Waals surface area contributed by atoms with Gasteiger partial charge in [-0.3, -0.25) is 10.1 Å². The van der Waals surface area contributed by atoms with Gasteiger partial charge in [-0.2, -0.15) is 0 Å². The van der Waals surface area contributed by atoms with Gasteiger partial charge in [-0.05, 0) is 21.8 Å². The lowest BCUT2D eigenvalue weighted by Crippen LogP contribution is -2.31. The van der Waals surface area contributed by atoms with E-state index in [1.54, 1.807) is 0 Å². The van der Waals surface area contributed by atoms with E-state index in [4.69, 9.17) is 5.73 Å². The molecule has 7 heteroatoms. The van der Waals surface area contributed by atoms with Gasteiger partial charge in [0, 0.05) is 17.7 Å². The first-order valence-corrected chi connectivity index (χ1v) is 6.69. The van der Waals surface area contributed by atoms with Crippen LogP contribution < -0.4 is 5.73 Å². The van der Waals surface area contributed by atoms with Crippen LogP contribution in [0, 0.1) is 16.0 Å². The van der Waals surface area contributed by atoms with Crippen molar-refractivity contribution in [2.45, 2.75) is 32.4 Å². The molecule has 1 rings (SSSR count). The van der Waals surface area contributed by atoms with Crippen molar-refractivity contribution in [3.8, 4) is 5.75 Å². The van der Waals surface area contributed by atoms with E-state index in [1.807, 2.05) is 13.8 Å². The summed E-state index contributed by atoms with van der Waals surface area (Å²) in [7, 11) is 0. The van der Waals surface area contributed by atoms with Crippen LogP contribution in [-0.2, 0) is 0 Å². The maximum atomic E-state index is 10.8. The number of hydrogen-bond acceptors (Lipinski definition) is 5. The van der Waals surface area contributed by atoms with Crippen molar-refractivity contribution in [3.63, 3.8) is 0 Å². The minimum atomic E-state index is -0.884. The summed E-state index contributed by atoms with van der Waals surface area (Å²) in [5.41, 5.74) is 5.87. The van der Waals surface area contributed by atoms with Crippen LogP contribution >= 0.6 is 15.9 Å². The molecule has 0 saturated heterocycles. The molecule has 1 aromatic carbocycles. The first-order valence-electron chi connectivity index (χ1n) is 5.90. The van der Waals surface area contributed by atoms with Crippen LogP contribution in [0.25, 0.3) is 0 Å².